The van der Waals surface area contributed by atoms with E-state index in [1.165, 1.54) is 7.11 Å². The minimum atomic E-state index is -0.419. The minimum Gasteiger partial charge on any atom is -0.438 e. The summed E-state index contributed by atoms with van der Waals surface area (Å²) < 4.78 is 30.8. The Morgan fingerprint density at radius 2 is 1.70 bits per heavy atom. The molecule has 3 unspecified atom stereocenters. The summed E-state index contributed by atoms with van der Waals surface area (Å²) >= 11 is 0. The zero-order chi connectivity index (χ0) is 15.0. The summed E-state index contributed by atoms with van der Waals surface area (Å²) in [6.07, 6.45) is 0.556. The maximum Gasteiger partial charge on any atom is 0.311 e. The van der Waals surface area contributed by atoms with Crippen LogP contribution in [0.4, 0.5) is 0 Å². The van der Waals surface area contributed by atoms with Crippen LogP contribution in [-0.4, -0.2) is 60.4 Å². The molecular formula is C13H24O7. The number of esters is 1. The van der Waals surface area contributed by atoms with Gasteiger partial charge in [-0.3, -0.25) is 4.79 Å². The van der Waals surface area contributed by atoms with E-state index in [4.69, 9.17) is 28.4 Å². The van der Waals surface area contributed by atoms with Crippen LogP contribution < -0.4 is 0 Å². The summed E-state index contributed by atoms with van der Waals surface area (Å²) in [5.41, 5.74) is 0. The Labute approximate surface area is 119 Å². The molecule has 20 heavy (non-hydrogen) atoms. The molecule has 0 aromatic carbocycles. The fourth-order valence-electron chi connectivity index (χ4n) is 2.54. The van der Waals surface area contributed by atoms with E-state index in [0.717, 1.165) is 0 Å². The molecule has 0 aromatic rings. The fourth-order valence-corrected chi connectivity index (χ4v) is 2.54. The fraction of sp³-hybridized carbons (Fsp3) is 0.923. The molecule has 0 amide bonds. The van der Waals surface area contributed by atoms with Crippen molar-refractivity contribution in [2.75, 3.05) is 42.0 Å². The van der Waals surface area contributed by atoms with Crippen LogP contribution >= 0.6 is 0 Å². The molecular weight excluding hydrogens is 268 g/mol. The molecule has 0 N–H and O–H groups in total. The van der Waals surface area contributed by atoms with Crippen molar-refractivity contribution < 1.29 is 33.2 Å². The zero-order valence-electron chi connectivity index (χ0n) is 12.5. The third-order valence-corrected chi connectivity index (χ3v) is 3.42. The molecule has 7 heteroatoms. The van der Waals surface area contributed by atoms with E-state index < -0.39 is 6.29 Å². The van der Waals surface area contributed by atoms with Crippen molar-refractivity contribution >= 4 is 5.97 Å². The van der Waals surface area contributed by atoms with Crippen molar-refractivity contribution in [3.8, 4) is 0 Å². The van der Waals surface area contributed by atoms with Gasteiger partial charge in [0, 0.05) is 34.4 Å². The molecule has 3 atom stereocenters. The standard InChI is InChI=1S/C13H24O7/c1-15-7-19-11-6-9(12(14)20-8-16-2)5-10(11)13(17-3)18-4/h9-11,13H,5-8H2,1-4H3. The highest BCUT2D eigenvalue weighted by Crippen LogP contribution is 2.37. The Hall–Kier alpha value is -0.730. The SMILES string of the molecule is COCOC(=O)C1CC(OCOC)C(C(OC)OC)C1. The van der Waals surface area contributed by atoms with Crippen molar-refractivity contribution in [1.29, 1.82) is 0 Å². The van der Waals surface area contributed by atoms with E-state index in [-0.39, 0.29) is 37.5 Å². The summed E-state index contributed by atoms with van der Waals surface area (Å²) in [5, 5.41) is 0. The average Bonchev–Trinajstić information content (AvgIpc) is 2.88. The van der Waals surface area contributed by atoms with Crippen LogP contribution in [0.3, 0.4) is 0 Å². The largest absolute Gasteiger partial charge is 0.438 e. The molecule has 1 saturated carbocycles. The predicted molar refractivity (Wildman–Crippen MR) is 68.7 cm³/mol. The van der Waals surface area contributed by atoms with Gasteiger partial charge in [0.1, 0.15) is 6.79 Å². The summed E-state index contributed by atoms with van der Waals surface area (Å²) in [4.78, 5) is 11.9. The Bertz CT molecular complexity index is 280. The third-order valence-electron chi connectivity index (χ3n) is 3.42. The predicted octanol–water partition coefficient (Wildman–Crippen LogP) is 0.768. The Balaban J connectivity index is 2.63. The van der Waals surface area contributed by atoms with E-state index in [0.29, 0.717) is 12.8 Å². The van der Waals surface area contributed by atoms with Crippen LogP contribution in [0.2, 0.25) is 0 Å². The lowest BCUT2D eigenvalue weighted by molar-refractivity contribution is -0.176. The molecule has 1 aliphatic rings. The van der Waals surface area contributed by atoms with Gasteiger partial charge in [-0.1, -0.05) is 0 Å². The zero-order valence-corrected chi connectivity index (χ0v) is 12.5. The maximum atomic E-state index is 11.9. The molecule has 0 radical (unpaired) electrons. The molecule has 1 rings (SSSR count). The van der Waals surface area contributed by atoms with E-state index in [1.54, 1.807) is 21.3 Å². The van der Waals surface area contributed by atoms with E-state index in [9.17, 15) is 4.79 Å². The Morgan fingerprint density at radius 3 is 2.25 bits per heavy atom. The third kappa shape index (κ3) is 4.68. The van der Waals surface area contributed by atoms with Gasteiger partial charge in [0.25, 0.3) is 0 Å². The van der Waals surface area contributed by atoms with Crippen LogP contribution in [-0.2, 0) is 33.2 Å². The first-order chi connectivity index (χ1) is 9.67. The van der Waals surface area contributed by atoms with Gasteiger partial charge in [-0.2, -0.15) is 0 Å². The van der Waals surface area contributed by atoms with Crippen LogP contribution in [0.15, 0.2) is 0 Å². The molecule has 0 spiro atoms. The summed E-state index contributed by atoms with van der Waals surface area (Å²) in [6.45, 7) is 0.128. The van der Waals surface area contributed by atoms with E-state index in [2.05, 4.69) is 0 Å². The lowest BCUT2D eigenvalue weighted by atomic mass is 10.0. The monoisotopic (exact) mass is 292 g/mol. The number of carbonyl (C=O) groups is 1. The molecule has 0 aromatic heterocycles. The van der Waals surface area contributed by atoms with Crippen molar-refractivity contribution in [3.63, 3.8) is 0 Å². The molecule has 0 aliphatic heterocycles. The first kappa shape index (κ1) is 17.3. The van der Waals surface area contributed by atoms with Crippen LogP contribution in [0, 0.1) is 11.8 Å². The first-order valence-electron chi connectivity index (χ1n) is 6.49. The first-order valence-corrected chi connectivity index (χ1v) is 6.49. The number of methoxy groups -OCH3 is 4. The van der Waals surface area contributed by atoms with E-state index >= 15 is 0 Å². The van der Waals surface area contributed by atoms with Gasteiger partial charge in [0.15, 0.2) is 13.1 Å². The summed E-state index contributed by atoms with van der Waals surface area (Å²) in [6, 6.07) is 0. The van der Waals surface area contributed by atoms with Gasteiger partial charge in [-0.15, -0.1) is 0 Å². The quantitative estimate of drug-likeness (QED) is 0.459. The highest BCUT2D eigenvalue weighted by Gasteiger charge is 2.43. The van der Waals surface area contributed by atoms with Gasteiger partial charge in [-0.25, -0.2) is 0 Å². The van der Waals surface area contributed by atoms with Gasteiger partial charge >= 0.3 is 5.97 Å². The van der Waals surface area contributed by atoms with Crippen molar-refractivity contribution in [3.05, 3.63) is 0 Å². The van der Waals surface area contributed by atoms with Crippen molar-refractivity contribution in [2.45, 2.75) is 25.2 Å². The molecule has 1 fully saturated rings. The lowest BCUT2D eigenvalue weighted by Gasteiger charge is -2.26. The van der Waals surface area contributed by atoms with Gasteiger partial charge in [-0.05, 0) is 12.8 Å². The number of ether oxygens (including phenoxy) is 6. The van der Waals surface area contributed by atoms with Crippen molar-refractivity contribution in [2.24, 2.45) is 11.8 Å². The maximum absolute atomic E-state index is 11.9. The molecule has 1 aliphatic carbocycles. The minimum absolute atomic E-state index is 0.0401. The second kappa shape index (κ2) is 9.25. The van der Waals surface area contributed by atoms with Crippen LogP contribution in [0.5, 0.6) is 0 Å². The van der Waals surface area contributed by atoms with Crippen molar-refractivity contribution in [1.82, 2.24) is 0 Å². The topological polar surface area (TPSA) is 72.5 Å². The Kier molecular flexibility index (Phi) is 8.01. The molecule has 0 saturated heterocycles. The average molecular weight is 292 g/mol. The van der Waals surface area contributed by atoms with Gasteiger partial charge < -0.3 is 28.4 Å². The lowest BCUT2D eigenvalue weighted by Crippen LogP contribution is -2.32. The van der Waals surface area contributed by atoms with Crippen LogP contribution in [0.25, 0.3) is 0 Å². The smallest absolute Gasteiger partial charge is 0.311 e. The highest BCUT2D eigenvalue weighted by atomic mass is 16.7. The van der Waals surface area contributed by atoms with E-state index in [1.807, 2.05) is 0 Å². The molecule has 0 heterocycles. The normalized spacial score (nSPS) is 26.1. The van der Waals surface area contributed by atoms with Crippen LogP contribution in [0.1, 0.15) is 12.8 Å². The second-order valence-electron chi connectivity index (χ2n) is 4.65. The van der Waals surface area contributed by atoms with Gasteiger partial charge in [0.05, 0.1) is 12.0 Å². The summed E-state index contributed by atoms with van der Waals surface area (Å²) in [7, 11) is 6.16. The molecule has 0 bridgehead atoms. The molecule has 7 nitrogen and oxygen atoms in total. The number of hydrogen-bond donors (Lipinski definition) is 0. The Morgan fingerprint density at radius 1 is 1.05 bits per heavy atom. The number of rotatable bonds is 9. The number of hydrogen-bond acceptors (Lipinski definition) is 7. The van der Waals surface area contributed by atoms with Gasteiger partial charge in [0.2, 0.25) is 0 Å². The second-order valence-corrected chi connectivity index (χ2v) is 4.65. The number of carbonyl (C=O) groups excluding carboxylic acids is 1. The highest BCUT2D eigenvalue weighted by molar-refractivity contribution is 5.72. The summed E-state index contributed by atoms with van der Waals surface area (Å²) in [5.74, 6) is -0.573. The molecule has 118 valence electrons.